The summed E-state index contributed by atoms with van der Waals surface area (Å²) < 4.78 is 35.2. The van der Waals surface area contributed by atoms with Gasteiger partial charge in [0.1, 0.15) is 17.3 Å². The van der Waals surface area contributed by atoms with Crippen molar-refractivity contribution in [3.8, 4) is 5.75 Å². The van der Waals surface area contributed by atoms with Gasteiger partial charge in [-0.3, -0.25) is 4.79 Å². The van der Waals surface area contributed by atoms with Gasteiger partial charge < -0.3 is 9.64 Å². The van der Waals surface area contributed by atoms with Crippen LogP contribution >= 0.6 is 0 Å². The molecule has 4 fully saturated rings. The molecule has 156 valence electrons. The van der Waals surface area contributed by atoms with E-state index >= 15 is 0 Å². The molecule has 7 rings (SSSR count). The molecule has 6 nitrogen and oxygen atoms in total. The van der Waals surface area contributed by atoms with Gasteiger partial charge in [0.25, 0.3) is 10.0 Å². The highest BCUT2D eigenvalue weighted by Crippen LogP contribution is 2.68. The van der Waals surface area contributed by atoms with Crippen molar-refractivity contribution in [2.75, 3.05) is 4.90 Å². The van der Waals surface area contributed by atoms with Gasteiger partial charge in [0.15, 0.2) is 5.72 Å². The van der Waals surface area contributed by atoms with Crippen LogP contribution in [0.1, 0.15) is 38.2 Å². The number of ether oxygens (including phenoxy) is 1. The first-order chi connectivity index (χ1) is 14.3. The molecular weight excluding hydrogens is 400 g/mol. The van der Waals surface area contributed by atoms with Crippen LogP contribution in [0.2, 0.25) is 0 Å². The van der Waals surface area contributed by atoms with E-state index in [0.29, 0.717) is 12.8 Å². The van der Waals surface area contributed by atoms with Crippen LogP contribution in [0.5, 0.6) is 5.75 Å². The number of para-hydroxylation sites is 2. The molecule has 5 aliphatic rings. The zero-order valence-corrected chi connectivity index (χ0v) is 17.9. The van der Waals surface area contributed by atoms with E-state index < -0.39 is 27.3 Å². The number of hydrogen-bond acceptors (Lipinski definition) is 5. The van der Waals surface area contributed by atoms with Crippen LogP contribution in [0.25, 0.3) is 0 Å². The molecule has 0 aromatic heterocycles. The second-order valence-electron chi connectivity index (χ2n) is 9.17. The zero-order chi connectivity index (χ0) is 20.9. The van der Waals surface area contributed by atoms with Crippen LogP contribution in [-0.4, -0.2) is 30.5 Å². The average Bonchev–Trinajstić information content (AvgIpc) is 3.25. The molecule has 2 aromatic rings. The Morgan fingerprint density at radius 3 is 2.57 bits per heavy atom. The van der Waals surface area contributed by atoms with Crippen molar-refractivity contribution in [2.24, 2.45) is 11.3 Å². The lowest BCUT2D eigenvalue weighted by molar-refractivity contribution is -0.178. The van der Waals surface area contributed by atoms with Gasteiger partial charge in [-0.25, -0.2) is 12.7 Å². The van der Waals surface area contributed by atoms with Gasteiger partial charge in [0.05, 0.1) is 10.6 Å². The maximum atomic E-state index is 14.0. The van der Waals surface area contributed by atoms with Crippen LogP contribution in [0, 0.1) is 18.3 Å². The molecule has 4 aliphatic heterocycles. The summed E-state index contributed by atoms with van der Waals surface area (Å²) in [5.41, 5.74) is 0.239. The highest BCUT2D eigenvalue weighted by Gasteiger charge is 2.78. The van der Waals surface area contributed by atoms with E-state index in [-0.39, 0.29) is 16.7 Å². The topological polar surface area (TPSA) is 66.9 Å². The first-order valence-electron chi connectivity index (χ1n) is 10.5. The summed E-state index contributed by atoms with van der Waals surface area (Å²) in [5, 5.41) is 0. The van der Waals surface area contributed by atoms with Crippen LogP contribution in [-0.2, 0) is 14.8 Å². The van der Waals surface area contributed by atoms with Crippen LogP contribution in [0.3, 0.4) is 0 Å². The minimum Gasteiger partial charge on any atom is -0.465 e. The summed E-state index contributed by atoms with van der Waals surface area (Å²) in [7, 11) is -3.99. The largest absolute Gasteiger partial charge is 0.465 e. The van der Waals surface area contributed by atoms with Gasteiger partial charge in [0.2, 0.25) is 5.91 Å². The molecule has 1 aliphatic carbocycles. The SMILES string of the molecule is Cc1ccc(S(=O)(=O)N2C(=O)[C@@]34CCC[C@@]35Oc3ccccc3N5C2C(C)C4)cc1. The molecule has 1 saturated carbocycles. The fourth-order valence-electron chi connectivity index (χ4n) is 6.36. The van der Waals surface area contributed by atoms with E-state index in [1.807, 2.05) is 31.2 Å². The molecule has 4 atom stereocenters. The van der Waals surface area contributed by atoms with Gasteiger partial charge in [-0.1, -0.05) is 36.8 Å². The van der Waals surface area contributed by atoms with E-state index in [0.717, 1.165) is 29.8 Å². The van der Waals surface area contributed by atoms with Gasteiger partial charge in [-0.2, -0.15) is 0 Å². The first-order valence-corrected chi connectivity index (χ1v) is 12.0. The monoisotopic (exact) mass is 424 g/mol. The summed E-state index contributed by atoms with van der Waals surface area (Å²) >= 11 is 0. The highest BCUT2D eigenvalue weighted by atomic mass is 32.2. The number of sulfonamides is 1. The summed E-state index contributed by atoms with van der Waals surface area (Å²) in [6, 6.07) is 14.5. The fourth-order valence-corrected chi connectivity index (χ4v) is 8.05. The molecule has 1 amide bonds. The molecule has 2 unspecified atom stereocenters. The van der Waals surface area contributed by atoms with Crippen molar-refractivity contribution in [3.63, 3.8) is 0 Å². The number of benzene rings is 2. The third kappa shape index (κ3) is 1.90. The lowest BCUT2D eigenvalue weighted by Gasteiger charge is -2.63. The van der Waals surface area contributed by atoms with E-state index in [1.165, 1.54) is 4.31 Å². The van der Waals surface area contributed by atoms with Gasteiger partial charge in [0, 0.05) is 6.42 Å². The Kier molecular flexibility index (Phi) is 3.39. The fraction of sp³-hybridized carbons (Fsp3) is 0.435. The molecule has 4 heterocycles. The van der Waals surface area contributed by atoms with Crippen molar-refractivity contribution in [2.45, 2.75) is 56.3 Å². The van der Waals surface area contributed by atoms with Crippen molar-refractivity contribution >= 4 is 21.6 Å². The number of carbonyl (C=O) groups excluding carboxylic acids is 1. The molecular formula is C23H24N2O4S. The number of nitrogens with zero attached hydrogens (tertiary/aromatic N) is 2. The maximum Gasteiger partial charge on any atom is 0.268 e. The smallest absolute Gasteiger partial charge is 0.268 e. The lowest BCUT2D eigenvalue weighted by Crippen LogP contribution is -2.81. The number of anilines is 1. The van der Waals surface area contributed by atoms with Gasteiger partial charge >= 0.3 is 0 Å². The Hall–Kier alpha value is -2.54. The summed E-state index contributed by atoms with van der Waals surface area (Å²) in [6.07, 6.45) is 2.28. The number of amides is 1. The number of aryl methyl sites for hydroxylation is 1. The maximum absolute atomic E-state index is 14.0. The molecule has 0 radical (unpaired) electrons. The Labute approximate surface area is 176 Å². The number of fused-ring (bicyclic) bond motifs is 3. The van der Waals surface area contributed by atoms with E-state index in [9.17, 15) is 13.2 Å². The standard InChI is InChI=1S/C23H24N2O4S/c1-15-8-10-17(11-9-15)30(27,28)25-20-16(2)14-22(21(25)26)12-5-13-23(22)24(20)18-6-3-4-7-19(18)29-23/h3-4,6-11,16,20H,5,12-14H2,1-2H3/t16?,20?,22-,23+/m0/s1. The van der Waals surface area contributed by atoms with Gasteiger partial charge in [-0.05, 0) is 56.4 Å². The molecule has 2 aromatic carbocycles. The predicted octanol–water partition coefficient (Wildman–Crippen LogP) is 3.66. The van der Waals surface area contributed by atoms with Crippen molar-refractivity contribution in [1.82, 2.24) is 4.31 Å². The molecule has 0 N–H and O–H groups in total. The Morgan fingerprint density at radius 1 is 1.07 bits per heavy atom. The summed E-state index contributed by atoms with van der Waals surface area (Å²) in [6.45, 7) is 3.97. The van der Waals surface area contributed by atoms with Crippen LogP contribution in [0.15, 0.2) is 53.4 Å². The van der Waals surface area contributed by atoms with Crippen LogP contribution in [0.4, 0.5) is 5.69 Å². The lowest BCUT2D eigenvalue weighted by atomic mass is 9.64. The Morgan fingerprint density at radius 2 is 1.80 bits per heavy atom. The third-order valence-corrected chi connectivity index (χ3v) is 9.30. The average molecular weight is 425 g/mol. The van der Waals surface area contributed by atoms with Crippen molar-refractivity contribution in [1.29, 1.82) is 0 Å². The normalized spacial score (nSPS) is 33.9. The molecule has 30 heavy (non-hydrogen) atoms. The minimum absolute atomic E-state index is 0.00362. The molecule has 3 saturated heterocycles. The first kappa shape index (κ1) is 18.2. The number of rotatable bonds is 2. The zero-order valence-electron chi connectivity index (χ0n) is 17.0. The summed E-state index contributed by atoms with van der Waals surface area (Å²) in [4.78, 5) is 16.2. The second-order valence-corrected chi connectivity index (χ2v) is 11.0. The van der Waals surface area contributed by atoms with Gasteiger partial charge in [-0.15, -0.1) is 0 Å². The molecule has 7 heteroatoms. The molecule has 2 spiro atoms. The quantitative estimate of drug-likeness (QED) is 0.736. The second kappa shape index (κ2) is 5.58. The number of piperidine rings is 2. The summed E-state index contributed by atoms with van der Waals surface area (Å²) in [5.74, 6) is 0.446. The molecule has 2 bridgehead atoms. The Balaban J connectivity index is 1.58. The van der Waals surface area contributed by atoms with Crippen molar-refractivity contribution < 1.29 is 17.9 Å². The number of hydrogen-bond donors (Lipinski definition) is 0. The van der Waals surface area contributed by atoms with E-state index in [2.05, 4.69) is 11.8 Å². The van der Waals surface area contributed by atoms with Crippen molar-refractivity contribution in [3.05, 3.63) is 54.1 Å². The predicted molar refractivity (Wildman–Crippen MR) is 111 cm³/mol. The van der Waals surface area contributed by atoms with E-state index in [4.69, 9.17) is 4.74 Å². The highest BCUT2D eigenvalue weighted by molar-refractivity contribution is 7.89. The van der Waals surface area contributed by atoms with Crippen LogP contribution < -0.4 is 9.64 Å². The number of carbonyl (C=O) groups is 1. The third-order valence-electron chi connectivity index (χ3n) is 7.53. The Bertz CT molecular complexity index is 1180. The van der Waals surface area contributed by atoms with E-state index in [1.54, 1.807) is 24.3 Å². The minimum atomic E-state index is -3.99.